The lowest BCUT2D eigenvalue weighted by Crippen LogP contribution is -2.62. The van der Waals surface area contributed by atoms with Crippen LogP contribution < -0.4 is 5.32 Å². The Balaban J connectivity index is 1.27. The molecule has 146 valence electrons. The molecule has 7 nitrogen and oxygen atoms in total. The third kappa shape index (κ3) is 4.36. The number of halogens is 1. The van der Waals surface area contributed by atoms with E-state index < -0.39 is 0 Å². The second-order valence-electron chi connectivity index (χ2n) is 7.34. The first-order valence-corrected chi connectivity index (χ1v) is 9.77. The van der Waals surface area contributed by atoms with Crippen LogP contribution >= 0.6 is 11.6 Å². The first-order chi connectivity index (χ1) is 13.1. The highest BCUT2D eigenvalue weighted by Gasteiger charge is 2.38. The summed E-state index contributed by atoms with van der Waals surface area (Å²) in [5.41, 5.74) is 1.03. The Morgan fingerprint density at radius 1 is 1.26 bits per heavy atom. The molecule has 1 unspecified atom stereocenters. The van der Waals surface area contributed by atoms with Crippen LogP contribution in [0.15, 0.2) is 24.3 Å². The predicted octanol–water partition coefficient (Wildman–Crippen LogP) is 1.64. The van der Waals surface area contributed by atoms with Crippen molar-refractivity contribution in [1.82, 2.24) is 15.1 Å². The van der Waals surface area contributed by atoms with Gasteiger partial charge in [-0.15, -0.1) is 0 Å². The highest BCUT2D eigenvalue weighted by molar-refractivity contribution is 6.30. The molecule has 4 rings (SSSR count). The number of hydrogen-bond acceptors (Lipinski definition) is 4. The number of amides is 3. The van der Waals surface area contributed by atoms with E-state index in [9.17, 15) is 9.59 Å². The van der Waals surface area contributed by atoms with Crippen LogP contribution in [-0.4, -0.2) is 72.8 Å². The molecule has 27 heavy (non-hydrogen) atoms. The number of nitrogens with one attached hydrogen (secondary N) is 1. The van der Waals surface area contributed by atoms with E-state index in [1.54, 1.807) is 0 Å². The maximum absolute atomic E-state index is 12.8. The molecule has 3 aliphatic rings. The smallest absolute Gasteiger partial charge is 0.320 e. The normalized spacial score (nSPS) is 28.0. The first-order valence-electron chi connectivity index (χ1n) is 9.39. The number of carbonyl (C=O) groups excluding carboxylic acids is 2. The highest BCUT2D eigenvalue weighted by atomic mass is 35.5. The minimum Gasteiger partial charge on any atom is -0.372 e. The van der Waals surface area contributed by atoms with Gasteiger partial charge in [0, 0.05) is 31.2 Å². The van der Waals surface area contributed by atoms with Crippen molar-refractivity contribution in [2.75, 3.05) is 32.8 Å². The molecule has 3 fully saturated rings. The zero-order valence-corrected chi connectivity index (χ0v) is 15.9. The van der Waals surface area contributed by atoms with Crippen LogP contribution in [0.1, 0.15) is 18.4 Å². The van der Waals surface area contributed by atoms with E-state index in [-0.39, 0.29) is 36.8 Å². The van der Waals surface area contributed by atoms with Gasteiger partial charge in [0.15, 0.2) is 0 Å². The molecular weight excluding hydrogens is 370 g/mol. The number of carbonyl (C=O) groups is 2. The van der Waals surface area contributed by atoms with Crippen LogP contribution in [0, 0.1) is 0 Å². The monoisotopic (exact) mass is 393 g/mol. The molecule has 1 aromatic carbocycles. The van der Waals surface area contributed by atoms with Gasteiger partial charge in [0.25, 0.3) is 0 Å². The van der Waals surface area contributed by atoms with Gasteiger partial charge >= 0.3 is 6.03 Å². The van der Waals surface area contributed by atoms with Crippen LogP contribution in [0.5, 0.6) is 0 Å². The molecular formula is C19H24ClN3O4. The van der Waals surface area contributed by atoms with Gasteiger partial charge in [-0.3, -0.25) is 4.79 Å². The van der Waals surface area contributed by atoms with Crippen LogP contribution in [0.2, 0.25) is 5.02 Å². The first kappa shape index (κ1) is 18.5. The summed E-state index contributed by atoms with van der Waals surface area (Å²) in [4.78, 5) is 28.0. The zero-order chi connectivity index (χ0) is 18.8. The minimum atomic E-state index is -0.110. The number of rotatable bonds is 3. The molecule has 8 heteroatoms. The lowest BCUT2D eigenvalue weighted by atomic mass is 10.0. The fraction of sp³-hybridized carbons (Fsp3) is 0.579. The van der Waals surface area contributed by atoms with Gasteiger partial charge in [0.2, 0.25) is 5.91 Å². The number of ether oxygens (including phenoxy) is 2. The Kier molecular flexibility index (Phi) is 5.52. The van der Waals surface area contributed by atoms with Crippen molar-refractivity contribution in [2.24, 2.45) is 0 Å². The van der Waals surface area contributed by atoms with Crippen molar-refractivity contribution in [3.05, 3.63) is 34.9 Å². The summed E-state index contributed by atoms with van der Waals surface area (Å²) in [5, 5.41) is 3.63. The molecule has 1 aromatic rings. The molecule has 0 bridgehead atoms. The van der Waals surface area contributed by atoms with E-state index in [1.807, 2.05) is 34.1 Å². The molecule has 1 N–H and O–H groups in total. The van der Waals surface area contributed by atoms with Crippen LogP contribution in [0.25, 0.3) is 0 Å². The highest BCUT2D eigenvalue weighted by Crippen LogP contribution is 2.22. The molecule has 3 atom stereocenters. The van der Waals surface area contributed by atoms with Crippen molar-refractivity contribution < 1.29 is 19.1 Å². The predicted molar refractivity (Wildman–Crippen MR) is 99.5 cm³/mol. The molecule has 3 aliphatic heterocycles. The summed E-state index contributed by atoms with van der Waals surface area (Å²) in [6.45, 7) is 3.04. The Labute approximate surface area is 163 Å². The maximum atomic E-state index is 12.8. The molecule has 3 saturated heterocycles. The summed E-state index contributed by atoms with van der Waals surface area (Å²) >= 11 is 6.00. The van der Waals surface area contributed by atoms with E-state index in [0.717, 1.165) is 18.4 Å². The molecule has 3 amide bonds. The van der Waals surface area contributed by atoms with Crippen LogP contribution in [0.4, 0.5) is 4.79 Å². The molecule has 0 radical (unpaired) electrons. The number of piperidine rings is 1. The summed E-state index contributed by atoms with van der Waals surface area (Å²) in [6, 6.07) is 7.52. The van der Waals surface area contributed by atoms with Crippen molar-refractivity contribution in [3.63, 3.8) is 0 Å². The lowest BCUT2D eigenvalue weighted by molar-refractivity contribution is -0.139. The fourth-order valence-corrected chi connectivity index (χ4v) is 4.17. The van der Waals surface area contributed by atoms with Gasteiger partial charge in [-0.05, 0) is 30.5 Å². The van der Waals surface area contributed by atoms with Gasteiger partial charge in [0.1, 0.15) is 6.61 Å². The van der Waals surface area contributed by atoms with Crippen molar-refractivity contribution in [2.45, 2.75) is 37.7 Å². The van der Waals surface area contributed by atoms with E-state index >= 15 is 0 Å². The number of benzene rings is 1. The van der Waals surface area contributed by atoms with E-state index in [1.165, 1.54) is 0 Å². The summed E-state index contributed by atoms with van der Waals surface area (Å²) < 4.78 is 11.5. The zero-order valence-electron chi connectivity index (χ0n) is 15.1. The standard InChI is InChI=1S/C19H24ClN3O4/c20-14-3-1-2-13(8-14)11-26-15-4-6-22(9-15)19(25)23-7-5-17-16(10-23)21-18(24)12-27-17/h1-3,8,15-17H,4-7,9-12H2,(H,21,24)/t15?,16-,17+/m1/s1. The molecule has 0 spiro atoms. The second-order valence-corrected chi connectivity index (χ2v) is 7.77. The number of nitrogens with zero attached hydrogens (tertiary/aromatic N) is 2. The third-order valence-corrected chi connectivity index (χ3v) is 5.62. The summed E-state index contributed by atoms with van der Waals surface area (Å²) in [5.74, 6) is -0.110. The average Bonchev–Trinajstić information content (AvgIpc) is 3.14. The second kappa shape index (κ2) is 8.04. The molecule has 0 aromatic heterocycles. The van der Waals surface area contributed by atoms with Gasteiger partial charge in [-0.2, -0.15) is 0 Å². The molecule has 0 saturated carbocycles. The summed E-state index contributed by atoms with van der Waals surface area (Å²) in [6.07, 6.45) is 1.62. The average molecular weight is 394 g/mol. The maximum Gasteiger partial charge on any atom is 0.320 e. The Morgan fingerprint density at radius 2 is 2.07 bits per heavy atom. The number of fused-ring (bicyclic) bond motifs is 1. The van der Waals surface area contributed by atoms with Crippen LogP contribution in [-0.2, 0) is 20.9 Å². The van der Waals surface area contributed by atoms with Crippen LogP contribution in [0.3, 0.4) is 0 Å². The topological polar surface area (TPSA) is 71.1 Å². The Bertz CT molecular complexity index is 716. The van der Waals surface area contributed by atoms with Gasteiger partial charge in [0.05, 0.1) is 24.9 Å². The van der Waals surface area contributed by atoms with Gasteiger partial charge in [-0.25, -0.2) is 4.79 Å². The SMILES string of the molecule is O=C1CO[C@H]2CCN(C(=O)N3CCC(OCc4cccc(Cl)c4)C3)C[C@H]2N1. The molecule has 3 heterocycles. The van der Waals surface area contributed by atoms with Crippen molar-refractivity contribution >= 4 is 23.5 Å². The van der Waals surface area contributed by atoms with Gasteiger partial charge < -0.3 is 24.6 Å². The third-order valence-electron chi connectivity index (χ3n) is 5.39. The van der Waals surface area contributed by atoms with E-state index in [4.69, 9.17) is 21.1 Å². The number of hydrogen-bond donors (Lipinski definition) is 1. The minimum absolute atomic E-state index is 0.0131. The summed E-state index contributed by atoms with van der Waals surface area (Å²) in [7, 11) is 0. The van der Waals surface area contributed by atoms with Crippen molar-refractivity contribution in [3.8, 4) is 0 Å². The van der Waals surface area contributed by atoms with Crippen molar-refractivity contribution in [1.29, 1.82) is 0 Å². The Hall–Kier alpha value is -1.83. The Morgan fingerprint density at radius 3 is 2.93 bits per heavy atom. The lowest BCUT2D eigenvalue weighted by Gasteiger charge is -2.42. The fourth-order valence-electron chi connectivity index (χ4n) is 3.95. The number of morpholine rings is 1. The number of likely N-dealkylation sites (tertiary alicyclic amines) is 2. The largest absolute Gasteiger partial charge is 0.372 e. The number of urea groups is 1. The quantitative estimate of drug-likeness (QED) is 0.847. The van der Waals surface area contributed by atoms with E-state index in [2.05, 4.69) is 5.32 Å². The van der Waals surface area contributed by atoms with Gasteiger partial charge in [-0.1, -0.05) is 23.7 Å². The van der Waals surface area contributed by atoms with E-state index in [0.29, 0.717) is 37.8 Å². The molecule has 0 aliphatic carbocycles.